The Bertz CT molecular complexity index is 1010. The van der Waals surface area contributed by atoms with Crippen LogP contribution < -0.4 is 0 Å². The largest absolute Gasteiger partial charge is 0.460 e. The highest BCUT2D eigenvalue weighted by Crippen LogP contribution is 2.30. The molecule has 0 saturated carbocycles. The lowest BCUT2D eigenvalue weighted by Gasteiger charge is -2.22. The average molecular weight is 373 g/mol. The molecule has 1 aliphatic heterocycles. The third kappa shape index (κ3) is 3.35. The molecule has 3 heterocycles. The minimum Gasteiger partial charge on any atom is -0.460 e. The van der Waals surface area contributed by atoms with Gasteiger partial charge >= 0.3 is 0 Å². The SMILES string of the molecule is FC1=CC(Cc2ccnc3[nH]ccc23)=C(F)OC1Cc1ccc(Cl)cc1. The second-order valence-corrected chi connectivity index (χ2v) is 6.59. The number of halogens is 3. The molecular formula is C20H15ClF2N2O. The molecule has 0 saturated heterocycles. The van der Waals surface area contributed by atoms with Crippen molar-refractivity contribution in [2.45, 2.75) is 18.9 Å². The molecule has 1 atom stereocenters. The summed E-state index contributed by atoms with van der Waals surface area (Å²) in [4.78, 5) is 7.20. The van der Waals surface area contributed by atoms with E-state index in [1.807, 2.05) is 6.07 Å². The summed E-state index contributed by atoms with van der Waals surface area (Å²) in [6, 6.07) is 9.89. The van der Waals surface area contributed by atoms with E-state index in [2.05, 4.69) is 9.97 Å². The number of nitrogens with zero attached hydrogens (tertiary/aromatic N) is 1. The van der Waals surface area contributed by atoms with E-state index >= 15 is 0 Å². The maximum absolute atomic E-state index is 14.5. The quantitative estimate of drug-likeness (QED) is 0.662. The Labute approximate surface area is 154 Å². The second kappa shape index (κ2) is 6.92. The molecule has 1 unspecified atom stereocenters. The van der Waals surface area contributed by atoms with Crippen molar-refractivity contribution in [2.24, 2.45) is 0 Å². The molecule has 3 aromatic rings. The molecule has 26 heavy (non-hydrogen) atoms. The fraction of sp³-hybridized carbons (Fsp3) is 0.150. The predicted molar refractivity (Wildman–Crippen MR) is 97.2 cm³/mol. The van der Waals surface area contributed by atoms with E-state index in [1.165, 1.54) is 6.08 Å². The van der Waals surface area contributed by atoms with Gasteiger partial charge in [0.05, 0.1) is 0 Å². The van der Waals surface area contributed by atoms with Crippen molar-refractivity contribution in [3.8, 4) is 0 Å². The lowest BCUT2D eigenvalue weighted by molar-refractivity contribution is 0.0686. The predicted octanol–water partition coefficient (Wildman–Crippen LogP) is 5.43. The first kappa shape index (κ1) is 16.8. The van der Waals surface area contributed by atoms with Crippen LogP contribution in [0.2, 0.25) is 5.02 Å². The van der Waals surface area contributed by atoms with Crippen LogP contribution in [0.1, 0.15) is 11.1 Å². The highest BCUT2D eigenvalue weighted by molar-refractivity contribution is 6.30. The van der Waals surface area contributed by atoms with Crippen molar-refractivity contribution in [1.29, 1.82) is 0 Å². The molecule has 0 amide bonds. The second-order valence-electron chi connectivity index (χ2n) is 6.15. The summed E-state index contributed by atoms with van der Waals surface area (Å²) < 4.78 is 34.2. The van der Waals surface area contributed by atoms with Gasteiger partial charge in [-0.3, -0.25) is 0 Å². The van der Waals surface area contributed by atoms with Gasteiger partial charge in [0.15, 0.2) is 6.10 Å². The first-order valence-electron chi connectivity index (χ1n) is 8.18. The van der Waals surface area contributed by atoms with Crippen LogP contribution in [-0.2, 0) is 17.6 Å². The summed E-state index contributed by atoms with van der Waals surface area (Å²) in [6.45, 7) is 0. The van der Waals surface area contributed by atoms with Gasteiger partial charge in [-0.05, 0) is 41.5 Å². The average Bonchev–Trinajstić information content (AvgIpc) is 3.11. The Balaban J connectivity index is 1.54. The van der Waals surface area contributed by atoms with Crippen LogP contribution in [0.3, 0.4) is 0 Å². The molecular weight excluding hydrogens is 358 g/mol. The van der Waals surface area contributed by atoms with Gasteiger partial charge in [-0.1, -0.05) is 23.7 Å². The third-order valence-corrected chi connectivity index (χ3v) is 4.64. The zero-order valence-electron chi connectivity index (χ0n) is 13.7. The van der Waals surface area contributed by atoms with Crippen LogP contribution >= 0.6 is 11.6 Å². The van der Waals surface area contributed by atoms with E-state index < -0.39 is 17.9 Å². The molecule has 0 spiro atoms. The molecule has 1 aromatic carbocycles. The number of nitrogens with one attached hydrogen (secondary N) is 1. The molecule has 6 heteroatoms. The number of benzene rings is 1. The minimum absolute atomic E-state index is 0.184. The van der Waals surface area contributed by atoms with Crippen molar-refractivity contribution in [2.75, 3.05) is 0 Å². The Kier molecular flexibility index (Phi) is 4.47. The first-order valence-corrected chi connectivity index (χ1v) is 8.56. The van der Waals surface area contributed by atoms with Crippen molar-refractivity contribution in [3.63, 3.8) is 0 Å². The summed E-state index contributed by atoms with van der Waals surface area (Å²) in [5.74, 6) is -0.490. The van der Waals surface area contributed by atoms with Crippen molar-refractivity contribution in [3.05, 3.63) is 88.4 Å². The van der Waals surface area contributed by atoms with Gasteiger partial charge in [0, 0.05) is 41.2 Å². The van der Waals surface area contributed by atoms with Crippen LogP contribution in [0.15, 0.2) is 72.3 Å². The van der Waals surface area contributed by atoms with Gasteiger partial charge < -0.3 is 9.72 Å². The molecule has 132 valence electrons. The molecule has 4 rings (SSSR count). The van der Waals surface area contributed by atoms with E-state index in [9.17, 15) is 8.78 Å². The lowest BCUT2D eigenvalue weighted by atomic mass is 10.00. The number of aromatic amines is 1. The van der Waals surface area contributed by atoms with E-state index in [0.717, 1.165) is 16.5 Å². The number of aromatic nitrogens is 2. The smallest absolute Gasteiger partial charge is 0.277 e. The topological polar surface area (TPSA) is 37.9 Å². The maximum atomic E-state index is 14.5. The van der Waals surface area contributed by atoms with Crippen LogP contribution in [0.5, 0.6) is 0 Å². The fourth-order valence-electron chi connectivity index (χ4n) is 3.04. The van der Waals surface area contributed by atoms with Crippen LogP contribution in [0, 0.1) is 0 Å². The molecule has 0 radical (unpaired) electrons. The number of fused-ring (bicyclic) bond motifs is 1. The van der Waals surface area contributed by atoms with E-state index in [4.69, 9.17) is 16.3 Å². The summed E-state index contributed by atoms with van der Waals surface area (Å²) >= 11 is 5.84. The highest BCUT2D eigenvalue weighted by atomic mass is 35.5. The maximum Gasteiger partial charge on any atom is 0.277 e. The molecule has 2 aromatic heterocycles. The number of ether oxygens (including phenoxy) is 1. The zero-order valence-corrected chi connectivity index (χ0v) is 14.4. The summed E-state index contributed by atoms with van der Waals surface area (Å²) in [5.41, 5.74) is 2.57. The van der Waals surface area contributed by atoms with Crippen molar-refractivity contribution < 1.29 is 13.5 Å². The number of pyridine rings is 1. The standard InChI is InChI=1S/C20H15ClF2N2O/c21-15-3-1-12(2-4-15)9-18-17(22)11-14(19(23)26-18)10-13-5-7-24-20-16(13)6-8-25-20/h1-8,11,18H,9-10H2,(H,24,25). The Morgan fingerprint density at radius 1 is 1.12 bits per heavy atom. The summed E-state index contributed by atoms with van der Waals surface area (Å²) in [5, 5.41) is 1.47. The van der Waals surface area contributed by atoms with E-state index in [-0.39, 0.29) is 18.4 Å². The molecule has 0 fully saturated rings. The zero-order chi connectivity index (χ0) is 18.1. The van der Waals surface area contributed by atoms with E-state index in [1.54, 1.807) is 42.7 Å². The molecule has 0 aliphatic carbocycles. The highest BCUT2D eigenvalue weighted by Gasteiger charge is 2.26. The number of hydrogen-bond donors (Lipinski definition) is 1. The third-order valence-electron chi connectivity index (χ3n) is 4.38. The Hall–Kier alpha value is -2.66. The number of allylic oxidation sites excluding steroid dienone is 2. The normalized spacial score (nSPS) is 17.3. The Morgan fingerprint density at radius 2 is 1.92 bits per heavy atom. The van der Waals surface area contributed by atoms with Crippen molar-refractivity contribution >= 4 is 22.6 Å². The first-order chi connectivity index (χ1) is 12.6. The number of H-pyrrole nitrogens is 1. The van der Waals surface area contributed by atoms with Gasteiger partial charge in [-0.25, -0.2) is 9.37 Å². The van der Waals surface area contributed by atoms with Gasteiger partial charge in [-0.15, -0.1) is 0 Å². The van der Waals surface area contributed by atoms with Crippen LogP contribution in [0.25, 0.3) is 11.0 Å². The van der Waals surface area contributed by atoms with E-state index in [0.29, 0.717) is 10.7 Å². The van der Waals surface area contributed by atoms with Crippen molar-refractivity contribution in [1.82, 2.24) is 9.97 Å². The van der Waals surface area contributed by atoms with Gasteiger partial charge in [0.25, 0.3) is 6.01 Å². The minimum atomic E-state index is -0.968. The molecule has 1 aliphatic rings. The Morgan fingerprint density at radius 3 is 2.73 bits per heavy atom. The van der Waals surface area contributed by atoms with Crippen LogP contribution in [-0.4, -0.2) is 16.1 Å². The lowest BCUT2D eigenvalue weighted by Crippen LogP contribution is -2.20. The summed E-state index contributed by atoms with van der Waals surface area (Å²) in [7, 11) is 0. The number of rotatable bonds is 4. The summed E-state index contributed by atoms with van der Waals surface area (Å²) in [6.07, 6.45) is 4.13. The van der Waals surface area contributed by atoms with Gasteiger partial charge in [-0.2, -0.15) is 4.39 Å². The number of hydrogen-bond acceptors (Lipinski definition) is 2. The molecule has 3 nitrogen and oxygen atoms in total. The molecule has 0 bridgehead atoms. The van der Waals surface area contributed by atoms with Crippen LogP contribution in [0.4, 0.5) is 8.78 Å². The van der Waals surface area contributed by atoms with Gasteiger partial charge in [0.1, 0.15) is 11.5 Å². The monoisotopic (exact) mass is 372 g/mol. The fourth-order valence-corrected chi connectivity index (χ4v) is 3.17. The molecule has 1 N–H and O–H groups in total. The van der Waals surface area contributed by atoms with Gasteiger partial charge in [0.2, 0.25) is 0 Å².